The molecular formula is C18H23N5O. The summed E-state index contributed by atoms with van der Waals surface area (Å²) < 4.78 is 3.72. The first-order valence-electron chi connectivity index (χ1n) is 8.28. The number of hydrogen-bond donors (Lipinski definition) is 0. The van der Waals surface area contributed by atoms with E-state index in [2.05, 4.69) is 15.1 Å². The lowest BCUT2D eigenvalue weighted by molar-refractivity contribution is -0.113. The van der Waals surface area contributed by atoms with Crippen molar-refractivity contribution < 1.29 is 4.79 Å². The van der Waals surface area contributed by atoms with Gasteiger partial charge in [0.1, 0.15) is 0 Å². The number of ketones is 1. The van der Waals surface area contributed by atoms with E-state index in [0.717, 1.165) is 35.4 Å². The number of hydrogen-bond acceptors (Lipinski definition) is 4. The van der Waals surface area contributed by atoms with E-state index in [1.165, 1.54) is 0 Å². The van der Waals surface area contributed by atoms with Gasteiger partial charge in [0.25, 0.3) is 0 Å². The maximum absolute atomic E-state index is 12.8. The molecule has 6 heteroatoms. The molecule has 0 unspecified atom stereocenters. The summed E-state index contributed by atoms with van der Waals surface area (Å²) in [5.41, 5.74) is 3.53. The Balaban J connectivity index is 1.87. The van der Waals surface area contributed by atoms with Gasteiger partial charge in [-0.1, -0.05) is 0 Å². The summed E-state index contributed by atoms with van der Waals surface area (Å²) in [5.74, 6) is 0.113. The van der Waals surface area contributed by atoms with Crippen molar-refractivity contribution in [3.63, 3.8) is 0 Å². The number of Topliss-reactive ketones (excluding diaryl/α,β-unsaturated/α-hetero) is 1. The molecular weight excluding hydrogens is 302 g/mol. The van der Waals surface area contributed by atoms with Crippen LogP contribution in [0, 0.1) is 0 Å². The summed E-state index contributed by atoms with van der Waals surface area (Å²) in [6.45, 7) is 7.04. The van der Waals surface area contributed by atoms with Crippen LogP contribution in [0.25, 0.3) is 12.2 Å². The minimum Gasteiger partial charge on any atom is -0.298 e. The van der Waals surface area contributed by atoms with Gasteiger partial charge in [-0.05, 0) is 33.0 Å². The number of likely N-dealkylation sites (N-methyl/N-ethyl adjacent to an activating group) is 1. The second-order valence-electron chi connectivity index (χ2n) is 6.10. The van der Waals surface area contributed by atoms with E-state index in [1.807, 2.05) is 54.8 Å². The van der Waals surface area contributed by atoms with Gasteiger partial charge in [-0.15, -0.1) is 0 Å². The van der Waals surface area contributed by atoms with Crippen LogP contribution in [0.4, 0.5) is 0 Å². The highest BCUT2D eigenvalue weighted by atomic mass is 16.1. The van der Waals surface area contributed by atoms with E-state index in [9.17, 15) is 4.79 Å². The molecule has 1 aliphatic rings. The minimum absolute atomic E-state index is 0.113. The predicted octanol–water partition coefficient (Wildman–Crippen LogP) is 2.10. The Hall–Kier alpha value is -2.47. The number of likely N-dealkylation sites (tertiary alicyclic amines) is 1. The number of aromatic nitrogens is 4. The predicted molar refractivity (Wildman–Crippen MR) is 94.3 cm³/mol. The third kappa shape index (κ3) is 3.54. The van der Waals surface area contributed by atoms with Crippen molar-refractivity contribution in [2.75, 3.05) is 20.1 Å². The van der Waals surface area contributed by atoms with Crippen LogP contribution >= 0.6 is 0 Å². The third-order valence-electron chi connectivity index (χ3n) is 4.10. The fraction of sp³-hybridized carbons (Fsp3) is 0.389. The second kappa shape index (κ2) is 6.97. The largest absolute Gasteiger partial charge is 0.298 e. The van der Waals surface area contributed by atoms with Gasteiger partial charge >= 0.3 is 0 Å². The number of rotatable bonds is 4. The molecule has 2 aromatic heterocycles. The van der Waals surface area contributed by atoms with Gasteiger partial charge in [0.15, 0.2) is 5.78 Å². The van der Waals surface area contributed by atoms with E-state index in [-0.39, 0.29) is 5.78 Å². The van der Waals surface area contributed by atoms with Gasteiger partial charge in [-0.2, -0.15) is 10.2 Å². The van der Waals surface area contributed by atoms with Gasteiger partial charge in [-0.3, -0.25) is 19.1 Å². The van der Waals surface area contributed by atoms with Crippen LogP contribution in [0.15, 0.2) is 35.9 Å². The molecule has 2 aromatic rings. The Morgan fingerprint density at radius 1 is 0.958 bits per heavy atom. The highest BCUT2D eigenvalue weighted by Crippen LogP contribution is 2.21. The van der Waals surface area contributed by atoms with Crippen LogP contribution in [0.1, 0.15) is 25.0 Å². The summed E-state index contributed by atoms with van der Waals surface area (Å²) >= 11 is 0. The summed E-state index contributed by atoms with van der Waals surface area (Å²) in [5, 5.41) is 8.53. The lowest BCUT2D eigenvalue weighted by Gasteiger charge is -2.25. The average molecular weight is 325 g/mol. The molecule has 3 rings (SSSR count). The zero-order chi connectivity index (χ0) is 17.1. The van der Waals surface area contributed by atoms with Crippen LogP contribution in [0.5, 0.6) is 0 Å². The van der Waals surface area contributed by atoms with E-state index in [0.29, 0.717) is 13.1 Å². The van der Waals surface area contributed by atoms with E-state index >= 15 is 0 Å². The highest BCUT2D eigenvalue weighted by Gasteiger charge is 2.24. The Labute approximate surface area is 142 Å². The standard InChI is InChI=1S/C18H23N5O/c1-4-22-10-14(8-19-22)6-16-12-21(3)13-17(18(16)24)7-15-9-20-23(5-2)11-15/h6-11H,4-5,12-13H2,1-3H3/b16-6+,17-7+. The maximum atomic E-state index is 12.8. The molecule has 0 radical (unpaired) electrons. The molecule has 126 valence electrons. The van der Waals surface area contributed by atoms with E-state index < -0.39 is 0 Å². The molecule has 0 bridgehead atoms. The number of aryl methyl sites for hydroxylation is 2. The summed E-state index contributed by atoms with van der Waals surface area (Å²) in [7, 11) is 2.03. The first kappa shape index (κ1) is 16.4. The summed E-state index contributed by atoms with van der Waals surface area (Å²) in [4.78, 5) is 15.0. The van der Waals surface area contributed by atoms with Gasteiger partial charge in [0.05, 0.1) is 12.4 Å². The molecule has 0 amide bonds. The Kier molecular flexibility index (Phi) is 4.76. The molecule has 0 aliphatic carbocycles. The normalized spacial score (nSPS) is 19.5. The molecule has 1 aliphatic heterocycles. The van der Waals surface area contributed by atoms with E-state index in [1.54, 1.807) is 12.4 Å². The van der Waals surface area contributed by atoms with Crippen molar-refractivity contribution in [2.45, 2.75) is 26.9 Å². The van der Waals surface area contributed by atoms with Crippen LogP contribution in [0.2, 0.25) is 0 Å². The van der Waals surface area contributed by atoms with Crippen molar-refractivity contribution >= 4 is 17.9 Å². The fourth-order valence-corrected chi connectivity index (χ4v) is 2.87. The lowest BCUT2D eigenvalue weighted by atomic mass is 9.95. The van der Waals surface area contributed by atoms with Gasteiger partial charge in [-0.25, -0.2) is 0 Å². The molecule has 0 N–H and O–H groups in total. The minimum atomic E-state index is 0.113. The molecule has 3 heterocycles. The molecule has 0 atom stereocenters. The molecule has 1 fully saturated rings. The quantitative estimate of drug-likeness (QED) is 0.808. The van der Waals surface area contributed by atoms with Gasteiger partial charge in [0, 0.05) is 60.8 Å². The van der Waals surface area contributed by atoms with Crippen molar-refractivity contribution in [1.82, 2.24) is 24.5 Å². The monoisotopic (exact) mass is 325 g/mol. The molecule has 6 nitrogen and oxygen atoms in total. The number of carbonyl (C=O) groups excluding carboxylic acids is 1. The Bertz CT molecular complexity index is 732. The Morgan fingerprint density at radius 3 is 1.79 bits per heavy atom. The molecule has 1 saturated heterocycles. The molecule has 0 saturated carbocycles. The van der Waals surface area contributed by atoms with Crippen LogP contribution in [-0.4, -0.2) is 50.4 Å². The van der Waals surface area contributed by atoms with Crippen molar-refractivity contribution in [3.8, 4) is 0 Å². The topological polar surface area (TPSA) is 56.0 Å². The van der Waals surface area contributed by atoms with Crippen molar-refractivity contribution in [3.05, 3.63) is 47.1 Å². The third-order valence-corrected chi connectivity index (χ3v) is 4.10. The van der Waals surface area contributed by atoms with Crippen LogP contribution in [0.3, 0.4) is 0 Å². The maximum Gasteiger partial charge on any atom is 0.187 e. The first-order valence-corrected chi connectivity index (χ1v) is 8.28. The van der Waals surface area contributed by atoms with Gasteiger partial charge < -0.3 is 0 Å². The average Bonchev–Trinajstić information content (AvgIpc) is 3.20. The molecule has 0 spiro atoms. The smallest absolute Gasteiger partial charge is 0.187 e. The summed E-state index contributed by atoms with van der Waals surface area (Å²) in [6, 6.07) is 0. The zero-order valence-corrected chi connectivity index (χ0v) is 14.4. The zero-order valence-electron chi connectivity index (χ0n) is 14.4. The Morgan fingerprint density at radius 2 is 1.42 bits per heavy atom. The first-order chi connectivity index (χ1) is 11.6. The molecule has 0 aromatic carbocycles. The summed E-state index contributed by atoms with van der Waals surface area (Å²) in [6.07, 6.45) is 11.4. The van der Waals surface area contributed by atoms with Crippen molar-refractivity contribution in [1.29, 1.82) is 0 Å². The fourth-order valence-electron chi connectivity index (χ4n) is 2.87. The SMILES string of the molecule is CCn1cc(/C=C2\CN(C)C/C(=C\c3cnn(CC)c3)C2=O)cn1. The number of piperidine rings is 1. The van der Waals surface area contributed by atoms with E-state index in [4.69, 9.17) is 0 Å². The lowest BCUT2D eigenvalue weighted by Crippen LogP contribution is -2.34. The van der Waals surface area contributed by atoms with Gasteiger partial charge in [0.2, 0.25) is 0 Å². The second-order valence-corrected chi connectivity index (χ2v) is 6.10. The van der Waals surface area contributed by atoms with Crippen LogP contribution < -0.4 is 0 Å². The highest BCUT2D eigenvalue weighted by molar-refractivity contribution is 6.14. The van der Waals surface area contributed by atoms with Crippen molar-refractivity contribution in [2.24, 2.45) is 0 Å². The molecule has 24 heavy (non-hydrogen) atoms. The number of carbonyl (C=O) groups is 1. The van der Waals surface area contributed by atoms with Crippen LogP contribution in [-0.2, 0) is 17.9 Å². The number of nitrogens with zero attached hydrogens (tertiary/aromatic N) is 5.